The van der Waals surface area contributed by atoms with E-state index >= 15 is 0 Å². The SMILES string of the molecule is C=CCCC(=O)N(NC(=O)c1cccc(C)c1)C(C)(C)C. The molecular weight excluding hydrogens is 264 g/mol. The van der Waals surface area contributed by atoms with E-state index in [1.54, 1.807) is 18.2 Å². The summed E-state index contributed by atoms with van der Waals surface area (Å²) in [6, 6.07) is 7.28. The van der Waals surface area contributed by atoms with E-state index in [2.05, 4.69) is 12.0 Å². The van der Waals surface area contributed by atoms with Crippen LogP contribution in [0.3, 0.4) is 0 Å². The summed E-state index contributed by atoms with van der Waals surface area (Å²) in [5.41, 5.74) is 3.78. The number of hydrazine groups is 1. The van der Waals surface area contributed by atoms with Crippen molar-refractivity contribution in [1.29, 1.82) is 0 Å². The van der Waals surface area contributed by atoms with Crippen molar-refractivity contribution in [2.75, 3.05) is 0 Å². The Kier molecular flexibility index (Phi) is 5.70. The lowest BCUT2D eigenvalue weighted by Gasteiger charge is -2.35. The molecule has 1 rings (SSSR count). The summed E-state index contributed by atoms with van der Waals surface area (Å²) in [6.45, 7) is 11.2. The standard InChI is InChI=1S/C17H24N2O2/c1-6-7-11-15(20)19(17(3,4)5)18-16(21)14-10-8-9-13(2)12-14/h6,8-10,12H,1,7,11H2,2-5H3,(H,18,21). The normalized spacial score (nSPS) is 10.9. The first-order valence-corrected chi connectivity index (χ1v) is 7.07. The van der Waals surface area contributed by atoms with Gasteiger partial charge in [0, 0.05) is 12.0 Å². The fourth-order valence-corrected chi connectivity index (χ4v) is 1.89. The zero-order valence-electron chi connectivity index (χ0n) is 13.3. The quantitative estimate of drug-likeness (QED) is 0.683. The summed E-state index contributed by atoms with van der Waals surface area (Å²) in [7, 11) is 0. The van der Waals surface area contributed by atoms with E-state index in [0.717, 1.165) is 5.56 Å². The molecule has 21 heavy (non-hydrogen) atoms. The third-order valence-corrected chi connectivity index (χ3v) is 2.98. The van der Waals surface area contributed by atoms with Gasteiger partial charge in [0.1, 0.15) is 0 Å². The van der Waals surface area contributed by atoms with Crippen LogP contribution < -0.4 is 5.43 Å². The highest BCUT2D eigenvalue weighted by atomic mass is 16.2. The Labute approximate surface area is 126 Å². The van der Waals surface area contributed by atoms with E-state index in [4.69, 9.17) is 0 Å². The van der Waals surface area contributed by atoms with Crippen LogP contribution in [0, 0.1) is 6.92 Å². The highest BCUT2D eigenvalue weighted by Crippen LogP contribution is 2.14. The monoisotopic (exact) mass is 288 g/mol. The molecule has 0 aliphatic rings. The maximum atomic E-state index is 12.3. The minimum atomic E-state index is -0.488. The maximum absolute atomic E-state index is 12.3. The molecule has 0 heterocycles. The third kappa shape index (κ3) is 5.06. The maximum Gasteiger partial charge on any atom is 0.269 e. The minimum Gasteiger partial charge on any atom is -0.273 e. The predicted octanol–water partition coefficient (Wildman–Crippen LogP) is 3.23. The molecule has 0 bridgehead atoms. The minimum absolute atomic E-state index is 0.122. The molecule has 0 aliphatic carbocycles. The van der Waals surface area contributed by atoms with Gasteiger partial charge >= 0.3 is 0 Å². The number of hydrogen-bond donors (Lipinski definition) is 1. The van der Waals surface area contributed by atoms with Crippen LogP contribution in [0.2, 0.25) is 0 Å². The number of hydrogen-bond acceptors (Lipinski definition) is 2. The van der Waals surface area contributed by atoms with E-state index in [9.17, 15) is 9.59 Å². The summed E-state index contributed by atoms with van der Waals surface area (Å²) in [5, 5.41) is 1.40. The van der Waals surface area contributed by atoms with Gasteiger partial charge in [0.2, 0.25) is 5.91 Å². The van der Waals surface area contributed by atoms with Gasteiger partial charge in [0.15, 0.2) is 0 Å². The summed E-state index contributed by atoms with van der Waals surface area (Å²) in [6.07, 6.45) is 2.61. The topological polar surface area (TPSA) is 49.4 Å². The molecule has 0 spiro atoms. The number of benzene rings is 1. The number of aryl methyl sites for hydroxylation is 1. The highest BCUT2D eigenvalue weighted by Gasteiger charge is 2.28. The Morgan fingerprint density at radius 1 is 1.33 bits per heavy atom. The van der Waals surface area contributed by atoms with Crippen LogP contribution in [-0.2, 0) is 4.79 Å². The Bertz CT molecular complexity index is 530. The average Bonchev–Trinajstić information content (AvgIpc) is 2.40. The van der Waals surface area contributed by atoms with Gasteiger partial charge < -0.3 is 0 Å². The first kappa shape index (κ1) is 17.0. The molecule has 114 valence electrons. The fourth-order valence-electron chi connectivity index (χ4n) is 1.89. The molecule has 4 nitrogen and oxygen atoms in total. The summed E-state index contributed by atoms with van der Waals surface area (Å²) >= 11 is 0. The molecule has 1 N–H and O–H groups in total. The lowest BCUT2D eigenvalue weighted by Crippen LogP contribution is -2.55. The second kappa shape index (κ2) is 7.07. The van der Waals surface area contributed by atoms with Crippen molar-refractivity contribution in [3.63, 3.8) is 0 Å². The van der Waals surface area contributed by atoms with Crippen LogP contribution in [0.4, 0.5) is 0 Å². The molecule has 0 aliphatic heterocycles. The van der Waals surface area contributed by atoms with Crippen molar-refractivity contribution in [3.05, 3.63) is 48.0 Å². The Hall–Kier alpha value is -2.10. The van der Waals surface area contributed by atoms with E-state index in [1.807, 2.05) is 39.8 Å². The van der Waals surface area contributed by atoms with Crippen molar-refractivity contribution >= 4 is 11.8 Å². The van der Waals surface area contributed by atoms with Crippen LogP contribution >= 0.6 is 0 Å². The van der Waals surface area contributed by atoms with Crippen molar-refractivity contribution in [2.24, 2.45) is 0 Å². The molecule has 0 atom stereocenters. The van der Waals surface area contributed by atoms with Crippen molar-refractivity contribution in [1.82, 2.24) is 10.4 Å². The van der Waals surface area contributed by atoms with Crippen molar-refractivity contribution < 1.29 is 9.59 Å². The molecule has 0 fully saturated rings. The molecular formula is C17H24N2O2. The molecule has 1 aromatic rings. The molecule has 0 saturated heterocycles. The van der Waals surface area contributed by atoms with Crippen LogP contribution in [0.1, 0.15) is 49.5 Å². The lowest BCUT2D eigenvalue weighted by molar-refractivity contribution is -0.139. The number of amides is 2. The van der Waals surface area contributed by atoms with E-state index in [0.29, 0.717) is 18.4 Å². The molecule has 0 saturated carbocycles. The third-order valence-electron chi connectivity index (χ3n) is 2.98. The van der Waals surface area contributed by atoms with E-state index in [-0.39, 0.29) is 11.8 Å². The number of allylic oxidation sites excluding steroid dienone is 1. The van der Waals surface area contributed by atoms with Crippen LogP contribution in [0.15, 0.2) is 36.9 Å². The van der Waals surface area contributed by atoms with Gasteiger partial charge in [-0.05, 0) is 46.2 Å². The van der Waals surface area contributed by atoms with Crippen LogP contribution in [0.25, 0.3) is 0 Å². The van der Waals surface area contributed by atoms with Crippen LogP contribution in [-0.4, -0.2) is 22.4 Å². The second-order valence-corrected chi connectivity index (χ2v) is 6.04. The van der Waals surface area contributed by atoms with Gasteiger partial charge in [0.05, 0.1) is 5.54 Å². The number of nitrogens with one attached hydrogen (secondary N) is 1. The van der Waals surface area contributed by atoms with Crippen LogP contribution in [0.5, 0.6) is 0 Å². The van der Waals surface area contributed by atoms with Crippen molar-refractivity contribution in [2.45, 2.75) is 46.1 Å². The average molecular weight is 288 g/mol. The number of rotatable bonds is 4. The largest absolute Gasteiger partial charge is 0.273 e. The van der Waals surface area contributed by atoms with Gasteiger partial charge in [-0.1, -0.05) is 23.8 Å². The first-order chi connectivity index (χ1) is 9.75. The Morgan fingerprint density at radius 2 is 2.00 bits per heavy atom. The van der Waals surface area contributed by atoms with Gasteiger partial charge in [-0.3, -0.25) is 15.0 Å². The fraction of sp³-hybridized carbons (Fsp3) is 0.412. The number of carbonyl (C=O) groups excluding carboxylic acids is 2. The smallest absolute Gasteiger partial charge is 0.269 e. The molecule has 0 aromatic heterocycles. The van der Waals surface area contributed by atoms with Gasteiger partial charge in [-0.2, -0.15) is 0 Å². The molecule has 2 amide bonds. The number of carbonyl (C=O) groups is 2. The van der Waals surface area contributed by atoms with Gasteiger partial charge in [0.25, 0.3) is 5.91 Å². The second-order valence-electron chi connectivity index (χ2n) is 6.04. The predicted molar refractivity (Wildman–Crippen MR) is 84.7 cm³/mol. The number of nitrogens with zero attached hydrogens (tertiary/aromatic N) is 1. The van der Waals surface area contributed by atoms with Gasteiger partial charge in [-0.15, -0.1) is 6.58 Å². The Morgan fingerprint density at radius 3 is 2.52 bits per heavy atom. The van der Waals surface area contributed by atoms with Gasteiger partial charge in [-0.25, -0.2) is 5.01 Å². The lowest BCUT2D eigenvalue weighted by atomic mass is 10.1. The molecule has 0 unspecified atom stereocenters. The first-order valence-electron chi connectivity index (χ1n) is 7.07. The van der Waals surface area contributed by atoms with E-state index < -0.39 is 5.54 Å². The molecule has 0 radical (unpaired) electrons. The summed E-state index contributed by atoms with van der Waals surface area (Å²) < 4.78 is 0. The highest BCUT2D eigenvalue weighted by molar-refractivity contribution is 5.95. The summed E-state index contributed by atoms with van der Waals surface area (Å²) in [4.78, 5) is 24.6. The molecule has 4 heteroatoms. The Balaban J connectivity index is 2.89. The summed E-state index contributed by atoms with van der Waals surface area (Å²) in [5.74, 6) is -0.399. The zero-order chi connectivity index (χ0) is 16.0. The zero-order valence-corrected chi connectivity index (χ0v) is 13.3. The molecule has 1 aromatic carbocycles. The van der Waals surface area contributed by atoms with Crippen molar-refractivity contribution in [3.8, 4) is 0 Å². The van der Waals surface area contributed by atoms with E-state index in [1.165, 1.54) is 5.01 Å².